The number of nitrogens with zero attached hydrogens (tertiary/aromatic N) is 2. The molecule has 0 radical (unpaired) electrons. The van der Waals surface area contributed by atoms with Gasteiger partial charge in [-0.15, -0.1) is 0 Å². The Morgan fingerprint density at radius 1 is 1.11 bits per heavy atom. The fraction of sp³-hybridized carbons (Fsp3) is 0.759. The van der Waals surface area contributed by atoms with Crippen molar-refractivity contribution in [1.82, 2.24) is 25.7 Å². The standard InChI is InChI=1S/C29H47N5O3/c1-19(2)37-27-25(26(35)32-20(3)23-16-21-7-6-8-22(15-21)17-23)18-31-34(27)14-11-29(4,5)28(36)33-24-9-12-30-13-10-24/h11,14,18-24,30H,6-10,12-13,15-17H2,1-5H3,(H,32,35)(H,33,36)/b14-11+. The van der Waals surface area contributed by atoms with Gasteiger partial charge < -0.3 is 20.7 Å². The SMILES string of the molecule is CC(C)Oc1c(C(=O)NC(C)C2CC3CCCC(C3)C2)cnn1/C=C/C(C)(C)C(=O)NC1CCNCC1. The van der Waals surface area contributed by atoms with E-state index in [1.807, 2.05) is 33.8 Å². The van der Waals surface area contributed by atoms with Crippen LogP contribution < -0.4 is 20.7 Å². The second-order valence-electron chi connectivity index (χ2n) is 12.4. The molecule has 3 fully saturated rings. The molecule has 4 rings (SSSR count). The number of ether oxygens (including phenoxy) is 1. The molecule has 3 unspecified atom stereocenters. The van der Waals surface area contributed by atoms with Gasteiger partial charge in [0.25, 0.3) is 5.91 Å². The Morgan fingerprint density at radius 3 is 2.43 bits per heavy atom. The van der Waals surface area contributed by atoms with E-state index in [1.54, 1.807) is 17.1 Å². The molecule has 1 aromatic heterocycles. The second-order valence-corrected chi connectivity index (χ2v) is 12.4. The van der Waals surface area contributed by atoms with Crippen LogP contribution in [0.1, 0.15) is 96.3 Å². The molecule has 2 heterocycles. The largest absolute Gasteiger partial charge is 0.474 e. The number of piperidine rings is 1. The quantitative estimate of drug-likeness (QED) is 0.456. The number of hydrogen-bond acceptors (Lipinski definition) is 5. The number of carbonyl (C=O) groups is 2. The number of rotatable bonds is 9. The van der Waals surface area contributed by atoms with Crippen molar-refractivity contribution in [2.24, 2.45) is 23.2 Å². The first-order valence-corrected chi connectivity index (χ1v) is 14.4. The summed E-state index contributed by atoms with van der Waals surface area (Å²) >= 11 is 0. The third kappa shape index (κ3) is 7.15. The molecule has 1 aliphatic heterocycles. The molecule has 8 nitrogen and oxygen atoms in total. The Morgan fingerprint density at radius 2 is 1.78 bits per heavy atom. The summed E-state index contributed by atoms with van der Waals surface area (Å²) in [4.78, 5) is 26.3. The van der Waals surface area contributed by atoms with Crippen molar-refractivity contribution in [3.8, 4) is 5.88 Å². The molecule has 3 aliphatic rings. The Hall–Kier alpha value is -2.35. The highest BCUT2D eigenvalue weighted by Crippen LogP contribution is 2.43. The molecule has 2 saturated carbocycles. The fourth-order valence-electron chi connectivity index (χ4n) is 6.22. The van der Waals surface area contributed by atoms with E-state index in [9.17, 15) is 9.59 Å². The minimum absolute atomic E-state index is 0.0156. The molecule has 3 N–H and O–H groups in total. The topological polar surface area (TPSA) is 97.3 Å². The van der Waals surface area contributed by atoms with Gasteiger partial charge in [-0.1, -0.05) is 25.3 Å². The van der Waals surface area contributed by atoms with Crippen LogP contribution in [0.5, 0.6) is 5.88 Å². The van der Waals surface area contributed by atoms with Gasteiger partial charge in [-0.25, -0.2) is 4.68 Å². The van der Waals surface area contributed by atoms with Crippen molar-refractivity contribution in [3.05, 3.63) is 17.8 Å². The summed E-state index contributed by atoms with van der Waals surface area (Å²) < 4.78 is 7.63. The minimum atomic E-state index is -0.734. The van der Waals surface area contributed by atoms with Gasteiger partial charge in [0.15, 0.2) is 0 Å². The third-order valence-electron chi connectivity index (χ3n) is 8.46. The van der Waals surface area contributed by atoms with Crippen molar-refractivity contribution >= 4 is 18.0 Å². The Labute approximate surface area is 222 Å². The molecule has 1 aromatic rings. The summed E-state index contributed by atoms with van der Waals surface area (Å²) in [7, 11) is 0. The molecule has 2 aliphatic carbocycles. The van der Waals surface area contributed by atoms with Gasteiger partial charge in [0.2, 0.25) is 11.8 Å². The van der Waals surface area contributed by atoms with Crippen LogP contribution in [-0.4, -0.2) is 52.9 Å². The van der Waals surface area contributed by atoms with Crippen molar-refractivity contribution < 1.29 is 14.3 Å². The summed E-state index contributed by atoms with van der Waals surface area (Å²) in [5.74, 6) is 2.40. The first-order valence-electron chi connectivity index (χ1n) is 14.4. The molecule has 1 saturated heterocycles. The summed E-state index contributed by atoms with van der Waals surface area (Å²) in [6, 6.07) is 0.311. The average Bonchev–Trinajstić information content (AvgIpc) is 3.25. The Bertz CT molecular complexity index is 951. The fourth-order valence-corrected chi connectivity index (χ4v) is 6.22. The molecular weight excluding hydrogens is 466 g/mol. The summed E-state index contributed by atoms with van der Waals surface area (Å²) in [5.41, 5.74) is -0.305. The number of amides is 2. The van der Waals surface area contributed by atoms with Crippen LogP contribution in [0, 0.1) is 23.2 Å². The molecule has 2 amide bonds. The van der Waals surface area contributed by atoms with Gasteiger partial charge in [0.05, 0.1) is 17.7 Å². The smallest absolute Gasteiger partial charge is 0.258 e. The van der Waals surface area contributed by atoms with E-state index in [-0.39, 0.29) is 30.0 Å². The number of fused-ring (bicyclic) bond motifs is 2. The zero-order valence-corrected chi connectivity index (χ0v) is 23.4. The van der Waals surface area contributed by atoms with Gasteiger partial charge in [-0.2, -0.15) is 5.10 Å². The van der Waals surface area contributed by atoms with E-state index < -0.39 is 5.41 Å². The number of aromatic nitrogens is 2. The normalized spacial score (nSPS) is 25.7. The zero-order valence-electron chi connectivity index (χ0n) is 23.4. The van der Waals surface area contributed by atoms with Crippen molar-refractivity contribution in [3.63, 3.8) is 0 Å². The van der Waals surface area contributed by atoms with Crippen LogP contribution in [0.4, 0.5) is 0 Å². The van der Waals surface area contributed by atoms with Crippen molar-refractivity contribution in [1.29, 1.82) is 0 Å². The highest BCUT2D eigenvalue weighted by Gasteiger charge is 2.35. The van der Waals surface area contributed by atoms with E-state index in [1.165, 1.54) is 38.5 Å². The first kappa shape index (κ1) is 27.7. The maximum Gasteiger partial charge on any atom is 0.258 e. The monoisotopic (exact) mass is 513 g/mol. The van der Waals surface area contributed by atoms with Crippen LogP contribution in [0.25, 0.3) is 6.20 Å². The number of nitrogens with one attached hydrogen (secondary N) is 3. The molecule has 8 heteroatoms. The van der Waals surface area contributed by atoms with E-state index in [0.717, 1.165) is 37.8 Å². The Balaban J connectivity index is 1.43. The maximum atomic E-state index is 13.4. The van der Waals surface area contributed by atoms with Crippen LogP contribution in [0.15, 0.2) is 12.3 Å². The first-order chi connectivity index (χ1) is 17.6. The highest BCUT2D eigenvalue weighted by molar-refractivity contribution is 5.96. The molecule has 206 valence electrons. The minimum Gasteiger partial charge on any atom is -0.474 e. The van der Waals surface area contributed by atoms with Crippen LogP contribution in [-0.2, 0) is 4.79 Å². The van der Waals surface area contributed by atoms with Gasteiger partial charge in [0.1, 0.15) is 5.56 Å². The predicted octanol–water partition coefficient (Wildman–Crippen LogP) is 4.37. The Kier molecular flexibility index (Phi) is 8.98. The lowest BCUT2D eigenvalue weighted by Crippen LogP contribution is -2.46. The summed E-state index contributed by atoms with van der Waals surface area (Å²) in [6.07, 6.45) is 14.7. The highest BCUT2D eigenvalue weighted by atomic mass is 16.5. The molecule has 0 spiro atoms. The second kappa shape index (κ2) is 12.0. The van der Waals surface area contributed by atoms with E-state index in [0.29, 0.717) is 17.4 Å². The maximum absolute atomic E-state index is 13.4. The molecular formula is C29H47N5O3. The third-order valence-corrected chi connectivity index (χ3v) is 8.46. The zero-order chi connectivity index (χ0) is 26.6. The van der Waals surface area contributed by atoms with Crippen LogP contribution in [0.3, 0.4) is 0 Å². The lowest BCUT2D eigenvalue weighted by molar-refractivity contribution is -0.128. The number of hydrogen-bond donors (Lipinski definition) is 3. The molecule has 2 bridgehead atoms. The molecule has 0 aromatic carbocycles. The van der Waals surface area contributed by atoms with Gasteiger partial charge in [0, 0.05) is 18.3 Å². The summed E-state index contributed by atoms with van der Waals surface area (Å²) in [5, 5.41) is 14.2. The van der Waals surface area contributed by atoms with Gasteiger partial charge in [-0.3, -0.25) is 9.59 Å². The summed E-state index contributed by atoms with van der Waals surface area (Å²) in [6.45, 7) is 11.6. The van der Waals surface area contributed by atoms with Gasteiger partial charge in [-0.05, 0) is 97.6 Å². The van der Waals surface area contributed by atoms with Crippen LogP contribution >= 0.6 is 0 Å². The average molecular weight is 514 g/mol. The van der Waals surface area contributed by atoms with Crippen molar-refractivity contribution in [2.45, 2.75) is 104 Å². The van der Waals surface area contributed by atoms with E-state index in [4.69, 9.17) is 4.74 Å². The van der Waals surface area contributed by atoms with Crippen LogP contribution in [0.2, 0.25) is 0 Å². The lowest BCUT2D eigenvalue weighted by Gasteiger charge is -2.41. The van der Waals surface area contributed by atoms with Crippen molar-refractivity contribution in [2.75, 3.05) is 13.1 Å². The lowest BCUT2D eigenvalue weighted by atomic mass is 9.66. The van der Waals surface area contributed by atoms with E-state index >= 15 is 0 Å². The molecule has 37 heavy (non-hydrogen) atoms. The van der Waals surface area contributed by atoms with E-state index in [2.05, 4.69) is 28.0 Å². The predicted molar refractivity (Wildman–Crippen MR) is 146 cm³/mol. The van der Waals surface area contributed by atoms with Gasteiger partial charge >= 0.3 is 0 Å². The molecule has 3 atom stereocenters. The number of carbonyl (C=O) groups excluding carboxylic acids is 2.